The maximum atomic E-state index is 12.8. The molecule has 0 radical (unpaired) electrons. The highest BCUT2D eigenvalue weighted by Crippen LogP contribution is 2.37. The topological polar surface area (TPSA) is 59.1 Å². The molecule has 2 aliphatic heterocycles. The monoisotopic (exact) mass is 346 g/mol. The van der Waals surface area contributed by atoms with E-state index in [-0.39, 0.29) is 17.9 Å². The third-order valence-electron chi connectivity index (χ3n) is 5.28. The van der Waals surface area contributed by atoms with E-state index in [1.54, 1.807) is 7.11 Å². The highest BCUT2D eigenvalue weighted by atomic mass is 16.6. The molecule has 1 aromatic rings. The Kier molecular flexibility index (Phi) is 4.88. The van der Waals surface area contributed by atoms with Gasteiger partial charge in [0, 0.05) is 18.3 Å². The van der Waals surface area contributed by atoms with Crippen LogP contribution in [0, 0.1) is 19.8 Å². The highest BCUT2D eigenvalue weighted by molar-refractivity contribution is 5.94. The second-order valence-corrected chi connectivity index (χ2v) is 6.91. The molecule has 0 aromatic heterocycles. The molecule has 1 aromatic carbocycles. The van der Waals surface area contributed by atoms with Gasteiger partial charge in [-0.1, -0.05) is 6.92 Å². The van der Waals surface area contributed by atoms with Gasteiger partial charge in [-0.25, -0.2) is 9.69 Å². The van der Waals surface area contributed by atoms with Crippen LogP contribution in [-0.2, 0) is 9.53 Å². The van der Waals surface area contributed by atoms with Crippen molar-refractivity contribution in [3.8, 4) is 5.75 Å². The molecule has 2 fully saturated rings. The lowest BCUT2D eigenvalue weighted by molar-refractivity contribution is -0.132. The summed E-state index contributed by atoms with van der Waals surface area (Å²) in [6.45, 7) is 7.64. The standard InChI is InChI=1S/C19H26N2O4/c1-12-10-15(24-4)11-13(2)17(12)20-7-5-6-16(20)14(3)18(22)21-8-9-25-19(21)23/h10-11,14,16H,5-9H2,1-4H3/t14-,16-/m1/s1. The molecule has 0 spiro atoms. The maximum absolute atomic E-state index is 12.8. The smallest absolute Gasteiger partial charge is 0.416 e. The van der Waals surface area contributed by atoms with Crippen LogP contribution in [0.25, 0.3) is 0 Å². The maximum Gasteiger partial charge on any atom is 0.416 e. The van der Waals surface area contributed by atoms with Crippen molar-refractivity contribution in [2.45, 2.75) is 39.7 Å². The van der Waals surface area contributed by atoms with Gasteiger partial charge < -0.3 is 14.4 Å². The molecule has 0 aliphatic carbocycles. The zero-order valence-electron chi connectivity index (χ0n) is 15.4. The average Bonchev–Trinajstić information content (AvgIpc) is 3.22. The van der Waals surface area contributed by atoms with E-state index >= 15 is 0 Å². The van der Waals surface area contributed by atoms with Crippen LogP contribution in [0.15, 0.2) is 12.1 Å². The number of methoxy groups -OCH3 is 1. The van der Waals surface area contributed by atoms with Crippen LogP contribution < -0.4 is 9.64 Å². The van der Waals surface area contributed by atoms with Gasteiger partial charge in [-0.3, -0.25) is 4.79 Å². The minimum Gasteiger partial charge on any atom is -0.497 e. The number of benzene rings is 1. The summed E-state index contributed by atoms with van der Waals surface area (Å²) in [5, 5.41) is 0. The van der Waals surface area contributed by atoms with Gasteiger partial charge in [0.15, 0.2) is 0 Å². The fourth-order valence-electron chi connectivity index (χ4n) is 4.08. The summed E-state index contributed by atoms with van der Waals surface area (Å²) in [6.07, 6.45) is 1.47. The number of nitrogens with zero attached hydrogens (tertiary/aromatic N) is 2. The molecule has 6 nitrogen and oxygen atoms in total. The van der Waals surface area contributed by atoms with Gasteiger partial charge in [-0.2, -0.15) is 0 Å². The highest BCUT2D eigenvalue weighted by Gasteiger charge is 2.39. The van der Waals surface area contributed by atoms with Gasteiger partial charge in [0.25, 0.3) is 0 Å². The third-order valence-corrected chi connectivity index (χ3v) is 5.28. The van der Waals surface area contributed by atoms with Crippen LogP contribution in [0.1, 0.15) is 30.9 Å². The molecule has 136 valence electrons. The van der Waals surface area contributed by atoms with Gasteiger partial charge in [0.2, 0.25) is 5.91 Å². The lowest BCUT2D eigenvalue weighted by atomic mass is 9.96. The first-order valence-corrected chi connectivity index (χ1v) is 8.84. The lowest BCUT2D eigenvalue weighted by Crippen LogP contribution is -2.45. The summed E-state index contributed by atoms with van der Waals surface area (Å²) < 4.78 is 10.3. The van der Waals surface area contributed by atoms with Crippen molar-refractivity contribution < 1.29 is 19.1 Å². The van der Waals surface area contributed by atoms with E-state index in [1.807, 2.05) is 19.1 Å². The SMILES string of the molecule is COc1cc(C)c(N2CCC[C@@H]2[C@@H](C)C(=O)N2CCOC2=O)c(C)c1. The Morgan fingerprint density at radius 3 is 2.52 bits per heavy atom. The fraction of sp³-hybridized carbons (Fsp3) is 0.579. The Bertz CT molecular complexity index is 665. The Hall–Kier alpha value is -2.24. The Labute approximate surface area is 148 Å². The first-order chi connectivity index (χ1) is 11.9. The number of anilines is 1. The molecule has 25 heavy (non-hydrogen) atoms. The van der Waals surface area contributed by atoms with E-state index in [0.29, 0.717) is 13.2 Å². The first kappa shape index (κ1) is 17.6. The van der Waals surface area contributed by atoms with Crippen LogP contribution in [0.4, 0.5) is 10.5 Å². The van der Waals surface area contributed by atoms with Crippen molar-refractivity contribution in [2.24, 2.45) is 5.92 Å². The summed E-state index contributed by atoms with van der Waals surface area (Å²) in [4.78, 5) is 28.1. The van der Waals surface area contributed by atoms with E-state index < -0.39 is 6.09 Å². The van der Waals surface area contributed by atoms with Gasteiger partial charge in [0.05, 0.1) is 19.6 Å². The predicted octanol–water partition coefficient (Wildman–Crippen LogP) is 2.90. The van der Waals surface area contributed by atoms with E-state index in [1.165, 1.54) is 10.6 Å². The molecule has 2 aliphatic rings. The van der Waals surface area contributed by atoms with Gasteiger partial charge >= 0.3 is 6.09 Å². The van der Waals surface area contributed by atoms with Crippen molar-refractivity contribution in [3.05, 3.63) is 23.3 Å². The molecule has 0 unspecified atom stereocenters. The quantitative estimate of drug-likeness (QED) is 0.839. The number of hydrogen-bond acceptors (Lipinski definition) is 5. The van der Waals surface area contributed by atoms with Crippen molar-refractivity contribution in [2.75, 3.05) is 31.7 Å². The van der Waals surface area contributed by atoms with Crippen LogP contribution in [0.2, 0.25) is 0 Å². The Balaban J connectivity index is 1.85. The molecule has 3 rings (SSSR count). The number of carbonyl (C=O) groups excluding carboxylic acids is 2. The molecule has 2 heterocycles. The van der Waals surface area contributed by atoms with Crippen LogP contribution in [0.5, 0.6) is 5.75 Å². The molecule has 2 saturated heterocycles. The van der Waals surface area contributed by atoms with Crippen LogP contribution in [-0.4, -0.2) is 49.7 Å². The molecule has 2 atom stereocenters. The van der Waals surface area contributed by atoms with E-state index in [0.717, 1.165) is 36.3 Å². The van der Waals surface area contributed by atoms with E-state index in [2.05, 4.69) is 18.7 Å². The number of hydrogen-bond donors (Lipinski definition) is 0. The summed E-state index contributed by atoms with van der Waals surface area (Å²) in [7, 11) is 1.67. The Morgan fingerprint density at radius 2 is 1.96 bits per heavy atom. The molecular weight excluding hydrogens is 320 g/mol. The lowest BCUT2D eigenvalue weighted by Gasteiger charge is -2.34. The summed E-state index contributed by atoms with van der Waals surface area (Å²) in [5.74, 6) is 0.454. The van der Waals surface area contributed by atoms with Gasteiger partial charge in [-0.15, -0.1) is 0 Å². The number of carbonyl (C=O) groups is 2. The largest absolute Gasteiger partial charge is 0.497 e. The molecule has 2 amide bonds. The summed E-state index contributed by atoms with van der Waals surface area (Å²) >= 11 is 0. The number of imide groups is 1. The molecule has 0 saturated carbocycles. The zero-order valence-corrected chi connectivity index (χ0v) is 15.4. The van der Waals surface area contributed by atoms with E-state index in [4.69, 9.17) is 9.47 Å². The second-order valence-electron chi connectivity index (χ2n) is 6.91. The normalized spacial score (nSPS) is 21.4. The van der Waals surface area contributed by atoms with Crippen molar-refractivity contribution in [3.63, 3.8) is 0 Å². The van der Waals surface area contributed by atoms with Crippen molar-refractivity contribution >= 4 is 17.7 Å². The predicted molar refractivity (Wildman–Crippen MR) is 95.1 cm³/mol. The number of rotatable bonds is 4. The Morgan fingerprint density at radius 1 is 1.28 bits per heavy atom. The average molecular weight is 346 g/mol. The van der Waals surface area contributed by atoms with Crippen molar-refractivity contribution in [1.29, 1.82) is 0 Å². The molecule has 6 heteroatoms. The molecule has 0 N–H and O–H groups in total. The van der Waals surface area contributed by atoms with Crippen LogP contribution >= 0.6 is 0 Å². The number of ether oxygens (including phenoxy) is 2. The fourth-order valence-corrected chi connectivity index (χ4v) is 4.08. The number of cyclic esters (lactones) is 1. The molecular formula is C19H26N2O4. The van der Waals surface area contributed by atoms with Crippen LogP contribution in [0.3, 0.4) is 0 Å². The summed E-state index contributed by atoms with van der Waals surface area (Å²) in [6, 6.07) is 4.15. The number of aryl methyl sites for hydroxylation is 2. The molecule has 0 bridgehead atoms. The minimum atomic E-state index is -0.516. The summed E-state index contributed by atoms with van der Waals surface area (Å²) in [5.41, 5.74) is 3.46. The zero-order chi connectivity index (χ0) is 18.1. The number of amides is 2. The second kappa shape index (κ2) is 6.94. The minimum absolute atomic E-state index is 0.0895. The third kappa shape index (κ3) is 3.17. The van der Waals surface area contributed by atoms with Gasteiger partial charge in [-0.05, 0) is 49.9 Å². The van der Waals surface area contributed by atoms with E-state index in [9.17, 15) is 9.59 Å². The first-order valence-electron chi connectivity index (χ1n) is 8.84. The van der Waals surface area contributed by atoms with Gasteiger partial charge in [0.1, 0.15) is 12.4 Å². The van der Waals surface area contributed by atoms with Crippen molar-refractivity contribution in [1.82, 2.24) is 4.90 Å².